The fraction of sp³-hybridized carbons (Fsp3) is 0.429. The Kier molecular flexibility index (Phi) is 3.37. The summed E-state index contributed by atoms with van der Waals surface area (Å²) in [5.74, 6) is 7.54. The van der Waals surface area contributed by atoms with Crippen molar-refractivity contribution in [1.29, 1.82) is 0 Å². The van der Waals surface area contributed by atoms with E-state index in [0.29, 0.717) is 11.8 Å². The molecule has 0 aliphatic rings. The van der Waals surface area contributed by atoms with Gasteiger partial charge in [0.15, 0.2) is 0 Å². The lowest BCUT2D eigenvalue weighted by Gasteiger charge is -1.96. The topological polar surface area (TPSA) is 0 Å². The summed E-state index contributed by atoms with van der Waals surface area (Å²) < 4.78 is 2.78. The molecule has 0 nitrogen and oxygen atoms in total. The predicted molar refractivity (Wildman–Crippen MR) is 75.5 cm³/mol. The molecule has 2 heteroatoms. The smallest absolute Gasteiger partial charge is 0.0789 e. The quantitative estimate of drug-likeness (QED) is 0.616. The Hall–Kier alpha value is -0.780. The van der Waals surface area contributed by atoms with Crippen molar-refractivity contribution in [2.75, 3.05) is 0 Å². The van der Waals surface area contributed by atoms with E-state index in [4.69, 9.17) is 0 Å². The van der Waals surface area contributed by atoms with Crippen molar-refractivity contribution < 1.29 is 0 Å². The fourth-order valence-corrected chi connectivity index (χ4v) is 3.69. The molecular weight excluding hydrogens is 232 g/mol. The molecule has 0 aliphatic carbocycles. The maximum atomic E-state index is 3.24. The predicted octanol–water partition coefficient (Wildman–Crippen LogP) is 5.09. The molecule has 0 unspecified atom stereocenters. The second-order valence-electron chi connectivity index (χ2n) is 4.57. The molecule has 0 atom stereocenters. The van der Waals surface area contributed by atoms with Gasteiger partial charge in [-0.3, -0.25) is 0 Å². The van der Waals surface area contributed by atoms with Gasteiger partial charge < -0.3 is 0 Å². The van der Waals surface area contributed by atoms with Crippen molar-refractivity contribution in [3.05, 3.63) is 21.9 Å². The van der Waals surface area contributed by atoms with Crippen molar-refractivity contribution in [3.8, 4) is 11.8 Å². The summed E-state index contributed by atoms with van der Waals surface area (Å²) in [5, 5.41) is 0. The van der Waals surface area contributed by atoms with Gasteiger partial charge in [-0.15, -0.1) is 22.7 Å². The second-order valence-corrected chi connectivity index (χ2v) is 6.77. The van der Waals surface area contributed by atoms with Gasteiger partial charge in [0.1, 0.15) is 0 Å². The Balaban J connectivity index is 2.34. The Bertz CT molecular complexity index is 513. The first-order chi connectivity index (χ1) is 7.56. The second kappa shape index (κ2) is 4.61. The van der Waals surface area contributed by atoms with E-state index in [1.807, 2.05) is 22.7 Å². The molecule has 2 aromatic rings. The van der Waals surface area contributed by atoms with Crippen LogP contribution in [0.2, 0.25) is 0 Å². The Labute approximate surface area is 105 Å². The van der Waals surface area contributed by atoms with Crippen molar-refractivity contribution in [1.82, 2.24) is 0 Å². The zero-order valence-electron chi connectivity index (χ0n) is 10.1. The highest BCUT2D eigenvalue weighted by atomic mass is 32.1. The lowest BCUT2D eigenvalue weighted by molar-refractivity contribution is 0.867. The lowest BCUT2D eigenvalue weighted by atomic mass is 10.2. The molecular formula is C14H16S2. The third-order valence-electron chi connectivity index (χ3n) is 2.28. The highest BCUT2D eigenvalue weighted by molar-refractivity contribution is 7.28. The molecule has 0 aromatic carbocycles. The Morgan fingerprint density at radius 3 is 2.25 bits per heavy atom. The highest BCUT2D eigenvalue weighted by Crippen LogP contribution is 2.35. The van der Waals surface area contributed by atoms with Gasteiger partial charge in [0.2, 0.25) is 0 Å². The molecule has 0 aliphatic heterocycles. The molecule has 0 saturated carbocycles. The molecule has 2 heterocycles. The van der Waals surface area contributed by atoms with Crippen LogP contribution in [0.25, 0.3) is 9.40 Å². The number of rotatable bonds is 1. The number of thiophene rings is 2. The number of hydrogen-bond acceptors (Lipinski definition) is 2. The van der Waals surface area contributed by atoms with E-state index in [1.54, 1.807) is 0 Å². The molecule has 0 fully saturated rings. The van der Waals surface area contributed by atoms with Crippen LogP contribution in [-0.4, -0.2) is 0 Å². The van der Waals surface area contributed by atoms with E-state index in [0.717, 1.165) is 0 Å². The van der Waals surface area contributed by atoms with Gasteiger partial charge in [0.05, 0.1) is 4.88 Å². The first-order valence-electron chi connectivity index (χ1n) is 5.61. The third-order valence-corrected chi connectivity index (χ3v) is 4.79. The van der Waals surface area contributed by atoms with Crippen LogP contribution in [0, 0.1) is 17.8 Å². The molecule has 2 rings (SSSR count). The maximum Gasteiger partial charge on any atom is 0.0789 e. The van der Waals surface area contributed by atoms with Crippen LogP contribution in [0.4, 0.5) is 0 Å². The van der Waals surface area contributed by atoms with Crippen LogP contribution in [0.15, 0.2) is 12.1 Å². The van der Waals surface area contributed by atoms with Crippen molar-refractivity contribution in [2.24, 2.45) is 5.92 Å². The van der Waals surface area contributed by atoms with Gasteiger partial charge in [0.25, 0.3) is 0 Å². The Morgan fingerprint density at radius 1 is 1.00 bits per heavy atom. The van der Waals surface area contributed by atoms with Gasteiger partial charge in [0, 0.05) is 20.2 Å². The molecule has 0 amide bonds. The van der Waals surface area contributed by atoms with E-state index in [2.05, 4.69) is 51.7 Å². The van der Waals surface area contributed by atoms with Crippen LogP contribution >= 0.6 is 22.7 Å². The number of fused-ring (bicyclic) bond motifs is 1. The summed E-state index contributed by atoms with van der Waals surface area (Å²) in [6.07, 6.45) is 0. The summed E-state index contributed by atoms with van der Waals surface area (Å²) in [5.41, 5.74) is 0. The van der Waals surface area contributed by atoms with E-state index in [9.17, 15) is 0 Å². The Morgan fingerprint density at radius 2 is 1.69 bits per heavy atom. The van der Waals surface area contributed by atoms with Crippen LogP contribution in [0.3, 0.4) is 0 Å². The first kappa shape index (κ1) is 11.7. The minimum Gasteiger partial charge on any atom is -0.139 e. The summed E-state index contributed by atoms with van der Waals surface area (Å²) in [6, 6.07) is 4.54. The normalized spacial score (nSPS) is 11.1. The molecule has 84 valence electrons. The van der Waals surface area contributed by atoms with E-state index < -0.39 is 0 Å². The van der Waals surface area contributed by atoms with Crippen LogP contribution in [0.1, 0.15) is 43.4 Å². The van der Waals surface area contributed by atoms with E-state index in [1.165, 1.54) is 19.2 Å². The maximum absolute atomic E-state index is 3.24. The SMILES string of the molecule is CC(C)C#Cc1cc2sc(C(C)C)cc2s1. The van der Waals surface area contributed by atoms with Gasteiger partial charge in [-0.05, 0) is 18.1 Å². The van der Waals surface area contributed by atoms with Crippen molar-refractivity contribution in [2.45, 2.75) is 33.6 Å². The summed E-state index contributed by atoms with van der Waals surface area (Å²) in [7, 11) is 0. The minimum absolute atomic E-state index is 0.450. The third kappa shape index (κ3) is 2.48. The van der Waals surface area contributed by atoms with Crippen LogP contribution < -0.4 is 0 Å². The first-order valence-corrected chi connectivity index (χ1v) is 7.24. The van der Waals surface area contributed by atoms with E-state index in [-0.39, 0.29) is 0 Å². The molecule has 2 aromatic heterocycles. The molecule has 0 radical (unpaired) electrons. The van der Waals surface area contributed by atoms with Gasteiger partial charge >= 0.3 is 0 Å². The molecule has 16 heavy (non-hydrogen) atoms. The van der Waals surface area contributed by atoms with Crippen molar-refractivity contribution >= 4 is 32.1 Å². The molecule has 0 spiro atoms. The lowest BCUT2D eigenvalue weighted by Crippen LogP contribution is -1.78. The summed E-state index contributed by atoms with van der Waals surface area (Å²) >= 11 is 3.72. The zero-order chi connectivity index (χ0) is 11.7. The highest BCUT2D eigenvalue weighted by Gasteiger charge is 2.08. The number of hydrogen-bond donors (Lipinski definition) is 0. The molecule has 0 N–H and O–H groups in total. The molecule has 0 saturated heterocycles. The molecule has 0 bridgehead atoms. The average molecular weight is 248 g/mol. The summed E-state index contributed by atoms with van der Waals surface area (Å²) in [4.78, 5) is 2.68. The standard InChI is InChI=1S/C14H16S2/c1-9(2)5-6-11-7-13-14(15-11)8-12(16-13)10(3)4/h7-10H,1-4H3. The van der Waals surface area contributed by atoms with Gasteiger partial charge in [-0.25, -0.2) is 0 Å². The summed E-state index contributed by atoms with van der Waals surface area (Å²) in [6.45, 7) is 8.74. The van der Waals surface area contributed by atoms with Gasteiger partial charge in [-0.1, -0.05) is 39.5 Å². The van der Waals surface area contributed by atoms with Crippen LogP contribution in [0.5, 0.6) is 0 Å². The minimum atomic E-state index is 0.450. The van der Waals surface area contributed by atoms with Crippen LogP contribution in [-0.2, 0) is 0 Å². The largest absolute Gasteiger partial charge is 0.139 e. The van der Waals surface area contributed by atoms with Crippen molar-refractivity contribution in [3.63, 3.8) is 0 Å². The van der Waals surface area contributed by atoms with Gasteiger partial charge in [-0.2, -0.15) is 0 Å². The fourth-order valence-electron chi connectivity index (χ4n) is 1.42. The monoisotopic (exact) mass is 248 g/mol. The zero-order valence-corrected chi connectivity index (χ0v) is 11.8. The average Bonchev–Trinajstić information content (AvgIpc) is 2.70. The van der Waals surface area contributed by atoms with E-state index >= 15 is 0 Å².